The van der Waals surface area contributed by atoms with Crippen molar-refractivity contribution in [3.63, 3.8) is 0 Å². The molecule has 15 nitrogen and oxygen atoms in total. The van der Waals surface area contributed by atoms with E-state index >= 15 is 0 Å². The number of carbonyl (C=O) groups is 3. The van der Waals surface area contributed by atoms with E-state index in [1.165, 1.54) is 96.1 Å². The van der Waals surface area contributed by atoms with Crippen LogP contribution in [0, 0.1) is 38.2 Å². The van der Waals surface area contributed by atoms with Crippen molar-refractivity contribution in [1.29, 1.82) is 0 Å². The van der Waals surface area contributed by atoms with Crippen LogP contribution in [0.5, 0.6) is 0 Å². The van der Waals surface area contributed by atoms with Gasteiger partial charge in [-0.2, -0.15) is 15.3 Å². The van der Waals surface area contributed by atoms with E-state index < -0.39 is 78.2 Å². The number of hydrogen-bond acceptors (Lipinski definition) is 11. The van der Waals surface area contributed by atoms with Crippen molar-refractivity contribution in [3.05, 3.63) is 492 Å². The first-order valence-electron chi connectivity index (χ1n) is 44.6. The molecule has 18 rings (SSSR count). The number of aliphatic hydroxyl groups is 1. The van der Waals surface area contributed by atoms with E-state index in [0.29, 0.717) is 32.3 Å². The van der Waals surface area contributed by atoms with E-state index in [-0.39, 0.29) is 72.1 Å². The van der Waals surface area contributed by atoms with Crippen molar-refractivity contribution in [1.82, 2.24) is 29.3 Å². The SMILES string of the molecule is COC(=O)c1c(C)cc(-c2ccnn2C)cc1F.COC(=O)c1c(C)cc(Br)cc1F.Cc1cc(-c2ccnn2C)cc(F)c1C(=O)O.Cn1nccc1[B]OC(C)(C)C(C)(C)O.[Na+].[OH-].[Pd].c1ccc(P(c2ccccc2)c2ccccc2)cc1.c1ccc(P(c2ccccc2)c2ccccc2)cc1.c1ccc(P(c2ccccc2)c2ccccc2)cc1.c1ccc(P(c2ccccc2)c2ccccc2)cc1. The Morgan fingerprint density at radius 1 is 0.338 bits per heavy atom. The van der Waals surface area contributed by atoms with E-state index in [4.69, 9.17) is 9.76 Å². The first-order chi connectivity index (χ1) is 67.1. The molecule has 0 aliphatic heterocycles. The number of nitrogens with zero attached hydrogens (tertiary/aromatic N) is 6. The topological polar surface area (TPSA) is 203 Å². The normalized spacial score (nSPS) is 10.5. The molecular formula is C116H111BBrF3N6NaO9P4Pd. The largest absolute Gasteiger partial charge is 1.00 e. The van der Waals surface area contributed by atoms with Crippen LogP contribution >= 0.6 is 47.6 Å². The molecule has 3 N–H and O–H groups in total. The summed E-state index contributed by atoms with van der Waals surface area (Å²) in [7, 11) is 7.65. The van der Waals surface area contributed by atoms with Crippen LogP contribution < -0.4 is 98.8 Å². The van der Waals surface area contributed by atoms with Gasteiger partial charge in [0, 0.05) is 81.3 Å². The Morgan fingerprint density at radius 2 is 0.549 bits per heavy atom. The summed E-state index contributed by atoms with van der Waals surface area (Å²) in [6.07, 6.45) is 4.94. The van der Waals surface area contributed by atoms with Gasteiger partial charge in [-0.05, 0) is 215 Å². The fourth-order valence-electron chi connectivity index (χ4n) is 14.4. The van der Waals surface area contributed by atoms with Crippen LogP contribution in [0.3, 0.4) is 0 Å². The predicted molar refractivity (Wildman–Crippen MR) is 578 cm³/mol. The van der Waals surface area contributed by atoms with Gasteiger partial charge in [0.25, 0.3) is 0 Å². The second kappa shape index (κ2) is 58.5. The summed E-state index contributed by atoms with van der Waals surface area (Å²) < 4.78 is 61.0. The van der Waals surface area contributed by atoms with E-state index in [1.54, 1.807) is 119 Å². The van der Waals surface area contributed by atoms with Crippen LogP contribution in [0.25, 0.3) is 22.5 Å². The second-order valence-electron chi connectivity index (χ2n) is 32.4. The zero-order valence-corrected chi connectivity index (χ0v) is 90.0. The molecule has 3 heterocycles. The molecule has 0 aliphatic carbocycles. The molecule has 0 unspecified atom stereocenters. The van der Waals surface area contributed by atoms with Crippen LogP contribution in [0.4, 0.5) is 13.2 Å². The Bertz CT molecular complexity index is 5920. The van der Waals surface area contributed by atoms with Gasteiger partial charge < -0.3 is 29.8 Å². The number of methoxy groups -OCH3 is 2. The number of aromatic carboxylic acids is 1. The van der Waals surface area contributed by atoms with Gasteiger partial charge in [0.1, 0.15) is 17.5 Å². The number of benzene rings is 15. The minimum atomic E-state index is -1.25. The summed E-state index contributed by atoms with van der Waals surface area (Å²) in [5.74, 6) is -4.45. The van der Waals surface area contributed by atoms with E-state index in [9.17, 15) is 32.7 Å². The molecule has 0 atom stereocenters. The van der Waals surface area contributed by atoms with Gasteiger partial charge in [0.05, 0.1) is 53.5 Å². The van der Waals surface area contributed by atoms with E-state index in [0.717, 1.165) is 17.0 Å². The van der Waals surface area contributed by atoms with Crippen molar-refractivity contribution in [3.8, 4) is 22.5 Å². The number of halogens is 4. The minimum absolute atomic E-state index is 0. The molecule has 15 aromatic carbocycles. The first-order valence-corrected chi connectivity index (χ1v) is 50.8. The molecular weight excluding hydrogens is 2020 g/mol. The van der Waals surface area contributed by atoms with Crippen molar-refractivity contribution in [2.75, 3.05) is 14.2 Å². The number of ether oxygens (including phenoxy) is 2. The Labute approximate surface area is 881 Å². The Hall–Kier alpha value is -12.1. The standard InChI is InChI=1S/4C18H15P.C13H13FN2O2.C12H11FN2O2.C10H18BN2O2.C9H8BrFO2.Na.H2O.Pd/c4*1-4-10-16(11-5-1)19(17-12-6-2-7-13-17)18-14-8-3-9-15-18;1-8-6-9(11-4-5-15-16(11)2)7-10(14)12(8)13(17)18-3;1-7-5-8(10-3-4-14-15(10)2)6-9(13)11(7)12(16)17;1-9(2,14)10(3,4)15-11-8-6-7-12-13(8)5;1-5-3-6(10)4-7(11)8(5)9(12)13-2;;;/h4*1-15H;4-7H,1-3H3;3-6H,1-2H3,(H,16,17);6-7,14H,1-5H3;3-4H,1-2H3;;1H2;/q;;;;;;;;+1;;/p-1. The van der Waals surface area contributed by atoms with E-state index in [2.05, 4.69) is 405 Å². The van der Waals surface area contributed by atoms with Gasteiger partial charge in [0.2, 0.25) is 0 Å². The summed E-state index contributed by atoms with van der Waals surface area (Å²) in [6, 6.07) is 143. The zero-order chi connectivity index (χ0) is 99.2. The molecule has 721 valence electrons. The molecule has 0 bridgehead atoms. The zero-order valence-electron chi connectivity index (χ0n) is 81.2. The van der Waals surface area contributed by atoms with E-state index in [1.807, 2.05) is 27.0 Å². The monoisotopic (exact) mass is 2130 g/mol. The minimum Gasteiger partial charge on any atom is -0.870 e. The third kappa shape index (κ3) is 33.3. The average molecular weight is 2130 g/mol. The van der Waals surface area contributed by atoms with Gasteiger partial charge in [-0.1, -0.05) is 380 Å². The Balaban J connectivity index is 0.000000199. The van der Waals surface area contributed by atoms with Crippen molar-refractivity contribution < 1.29 is 107 Å². The van der Waals surface area contributed by atoms with Crippen molar-refractivity contribution in [2.24, 2.45) is 21.1 Å². The van der Waals surface area contributed by atoms with Crippen LogP contribution in [0.15, 0.2) is 442 Å². The van der Waals surface area contributed by atoms with Gasteiger partial charge in [-0.25, -0.2) is 27.6 Å². The maximum Gasteiger partial charge on any atom is 1.00 e. The molecule has 0 aliphatic rings. The number of esters is 2. The molecule has 0 spiro atoms. The number of hydrogen-bond donors (Lipinski definition) is 2. The number of rotatable bonds is 21. The summed E-state index contributed by atoms with van der Waals surface area (Å²) in [6.45, 7) is 12.1. The smallest absolute Gasteiger partial charge is 0.870 e. The molecule has 26 heteroatoms. The number of carboxylic acid groups (broad SMARTS) is 1. The quantitative estimate of drug-likeness (QED) is 0.0392. The molecule has 1 radical (unpaired) electrons. The maximum atomic E-state index is 13.9. The van der Waals surface area contributed by atoms with Gasteiger partial charge >= 0.3 is 54.9 Å². The first kappa shape index (κ1) is 115. The third-order valence-corrected chi connectivity index (χ3v) is 32.3. The maximum absolute atomic E-state index is 13.9. The third-order valence-electron chi connectivity index (χ3n) is 22.0. The number of aryl methyl sites for hydroxylation is 6. The predicted octanol–water partition coefficient (Wildman–Crippen LogP) is 18.1. The summed E-state index contributed by atoms with van der Waals surface area (Å²) in [5, 5.41) is 47.6. The Morgan fingerprint density at radius 3 is 0.732 bits per heavy atom. The van der Waals surface area contributed by atoms with Gasteiger partial charge in [-0.3, -0.25) is 14.0 Å². The van der Waals surface area contributed by atoms with Crippen LogP contribution in [0.2, 0.25) is 0 Å². The molecule has 142 heavy (non-hydrogen) atoms. The summed E-state index contributed by atoms with van der Waals surface area (Å²) in [5.41, 5.74) is 3.32. The molecule has 0 saturated carbocycles. The van der Waals surface area contributed by atoms with Crippen LogP contribution in [0.1, 0.15) is 75.5 Å². The fourth-order valence-corrected chi connectivity index (χ4v) is 24.1. The van der Waals surface area contributed by atoms with Crippen LogP contribution in [-0.4, -0.2) is 95.8 Å². The van der Waals surface area contributed by atoms with Crippen LogP contribution in [-0.2, 0) is 55.7 Å². The summed E-state index contributed by atoms with van der Waals surface area (Å²) in [4.78, 5) is 33.4. The fraction of sp³-hybridized carbons (Fsp3) is 0.121. The second-order valence-corrected chi connectivity index (χ2v) is 42.2. The molecule has 18 aromatic rings. The van der Waals surface area contributed by atoms with Gasteiger partial charge in [-0.15, -0.1) is 0 Å². The van der Waals surface area contributed by atoms with Crippen molar-refractivity contribution in [2.45, 2.75) is 59.7 Å². The average Bonchev–Trinajstić information content (AvgIpc) is 1.66. The number of carbonyl (C=O) groups excluding carboxylic acids is 2. The Kier molecular flexibility index (Phi) is 47.5. The summed E-state index contributed by atoms with van der Waals surface area (Å²) >= 11 is 3.13. The van der Waals surface area contributed by atoms with Crippen molar-refractivity contribution >= 4 is 142 Å². The molecule has 0 amide bonds. The molecule has 0 fully saturated rings. The number of carboxylic acids is 1. The number of aromatic nitrogens is 6. The molecule has 3 aromatic heterocycles. The van der Waals surface area contributed by atoms with Gasteiger partial charge in [0.15, 0.2) is 0 Å². The molecule has 0 saturated heterocycles.